The third-order valence-corrected chi connectivity index (χ3v) is 7.53. The highest BCUT2D eigenvalue weighted by Crippen LogP contribution is 2.38. The Morgan fingerprint density at radius 3 is 2.54 bits per heavy atom. The number of aryl methyl sites for hydroxylation is 3. The molecule has 216 valence electrons. The van der Waals surface area contributed by atoms with Crippen LogP contribution < -0.4 is 20.7 Å². The van der Waals surface area contributed by atoms with Crippen molar-refractivity contribution in [1.82, 2.24) is 35.5 Å². The van der Waals surface area contributed by atoms with Gasteiger partial charge in [0.25, 0.3) is 11.8 Å². The van der Waals surface area contributed by atoms with Gasteiger partial charge >= 0.3 is 0 Å². The van der Waals surface area contributed by atoms with Gasteiger partial charge < -0.3 is 20.7 Å². The fraction of sp³-hybridized carbons (Fsp3) is 0.467. The standard InChI is InChI=1S/C30H38N8O3/c1-17-10-26(23(29(39)31-5)11-22(17)30(40)37-28-18(2)12-33-20(4)36-28)41-27(16-38-9-8-32-19(3)15-38)25-14-34-24(13-35-25)21-6-7-21/h10-14,19,21,27,32H,6-9,15-16H2,1-5H3,(H,31,39)(H,33,36,37,40)/t19-,27?/m1/s1. The summed E-state index contributed by atoms with van der Waals surface area (Å²) >= 11 is 0. The number of carbonyl (C=O) groups excluding carboxylic acids is 2. The molecule has 2 atom stereocenters. The van der Waals surface area contributed by atoms with Crippen LogP contribution in [-0.4, -0.2) is 75.9 Å². The van der Waals surface area contributed by atoms with E-state index in [4.69, 9.17) is 9.72 Å². The molecule has 3 N–H and O–H groups in total. The van der Waals surface area contributed by atoms with E-state index in [1.54, 1.807) is 38.5 Å². The second-order valence-electron chi connectivity index (χ2n) is 11.0. The number of hydrogen-bond donors (Lipinski definition) is 3. The van der Waals surface area contributed by atoms with E-state index in [1.165, 1.54) is 0 Å². The molecule has 1 aromatic carbocycles. The molecule has 1 unspecified atom stereocenters. The number of amides is 2. The van der Waals surface area contributed by atoms with E-state index in [1.807, 2.05) is 20.0 Å². The molecule has 41 heavy (non-hydrogen) atoms. The van der Waals surface area contributed by atoms with Gasteiger partial charge in [-0.15, -0.1) is 0 Å². The van der Waals surface area contributed by atoms with Gasteiger partial charge in [-0.3, -0.25) is 24.5 Å². The number of anilines is 1. The Morgan fingerprint density at radius 2 is 1.85 bits per heavy atom. The molecule has 5 rings (SSSR count). The van der Waals surface area contributed by atoms with Crippen molar-refractivity contribution in [2.24, 2.45) is 0 Å². The van der Waals surface area contributed by atoms with Crippen molar-refractivity contribution >= 4 is 17.6 Å². The van der Waals surface area contributed by atoms with Crippen LogP contribution >= 0.6 is 0 Å². The van der Waals surface area contributed by atoms with E-state index < -0.39 is 6.10 Å². The molecule has 0 radical (unpaired) electrons. The van der Waals surface area contributed by atoms with Crippen LogP contribution in [0.25, 0.3) is 0 Å². The minimum Gasteiger partial charge on any atom is -0.482 e. The zero-order valence-corrected chi connectivity index (χ0v) is 24.3. The second kappa shape index (κ2) is 12.3. The Morgan fingerprint density at radius 1 is 1.05 bits per heavy atom. The van der Waals surface area contributed by atoms with E-state index >= 15 is 0 Å². The number of benzene rings is 1. The molecular weight excluding hydrogens is 520 g/mol. The zero-order valence-electron chi connectivity index (χ0n) is 24.3. The largest absolute Gasteiger partial charge is 0.482 e. The first-order valence-electron chi connectivity index (χ1n) is 14.1. The summed E-state index contributed by atoms with van der Waals surface area (Å²) in [6.45, 7) is 10.8. The van der Waals surface area contributed by atoms with Crippen molar-refractivity contribution in [2.45, 2.75) is 58.6 Å². The summed E-state index contributed by atoms with van der Waals surface area (Å²) in [6.07, 6.45) is 7.14. The fourth-order valence-corrected chi connectivity index (χ4v) is 5.03. The fourth-order valence-electron chi connectivity index (χ4n) is 5.03. The highest BCUT2D eigenvalue weighted by Gasteiger charge is 2.29. The molecule has 11 nitrogen and oxygen atoms in total. The van der Waals surface area contributed by atoms with Gasteiger partial charge in [0, 0.05) is 68.7 Å². The Balaban J connectivity index is 1.46. The summed E-state index contributed by atoms with van der Waals surface area (Å²) < 4.78 is 6.60. The molecule has 3 heterocycles. The predicted molar refractivity (Wildman–Crippen MR) is 155 cm³/mol. The molecule has 0 bridgehead atoms. The van der Waals surface area contributed by atoms with Crippen LogP contribution in [0.15, 0.2) is 30.7 Å². The molecular formula is C30H38N8O3. The maximum atomic E-state index is 13.3. The van der Waals surface area contributed by atoms with Gasteiger partial charge in [0.15, 0.2) is 6.10 Å². The SMILES string of the molecule is CNC(=O)c1cc(C(=O)Nc2nc(C)ncc2C)c(C)cc1OC(CN1CCN[C@H](C)C1)c1cnc(C2CC2)cn1. The number of piperazine rings is 1. The van der Waals surface area contributed by atoms with E-state index in [0.29, 0.717) is 52.7 Å². The first-order chi connectivity index (χ1) is 19.7. The van der Waals surface area contributed by atoms with Crippen molar-refractivity contribution in [3.63, 3.8) is 0 Å². The molecule has 1 saturated heterocycles. The maximum Gasteiger partial charge on any atom is 0.257 e. The summed E-state index contributed by atoms with van der Waals surface area (Å²) in [5, 5.41) is 9.02. The minimum absolute atomic E-state index is 0.264. The number of nitrogens with zero attached hydrogens (tertiary/aromatic N) is 5. The van der Waals surface area contributed by atoms with Crippen LogP contribution in [0, 0.1) is 20.8 Å². The van der Waals surface area contributed by atoms with Gasteiger partial charge in [0.05, 0.1) is 17.5 Å². The summed E-state index contributed by atoms with van der Waals surface area (Å²) in [7, 11) is 1.56. The number of ether oxygens (including phenoxy) is 1. The van der Waals surface area contributed by atoms with E-state index in [-0.39, 0.29) is 17.4 Å². The van der Waals surface area contributed by atoms with Gasteiger partial charge in [-0.05, 0) is 58.2 Å². The number of rotatable bonds is 9. The van der Waals surface area contributed by atoms with Crippen LogP contribution in [0.1, 0.15) is 80.8 Å². The van der Waals surface area contributed by atoms with E-state index in [2.05, 4.69) is 42.7 Å². The van der Waals surface area contributed by atoms with Crippen molar-refractivity contribution in [3.8, 4) is 5.75 Å². The lowest BCUT2D eigenvalue weighted by Gasteiger charge is -2.34. The quantitative estimate of drug-likeness (QED) is 0.362. The van der Waals surface area contributed by atoms with Crippen LogP contribution in [0.2, 0.25) is 0 Å². The normalized spacial score (nSPS) is 18.0. The van der Waals surface area contributed by atoms with Crippen molar-refractivity contribution in [3.05, 3.63) is 70.2 Å². The van der Waals surface area contributed by atoms with Gasteiger partial charge in [-0.1, -0.05) is 0 Å². The van der Waals surface area contributed by atoms with Crippen LogP contribution in [0.3, 0.4) is 0 Å². The second-order valence-corrected chi connectivity index (χ2v) is 11.0. The van der Waals surface area contributed by atoms with Crippen molar-refractivity contribution in [2.75, 3.05) is 38.5 Å². The van der Waals surface area contributed by atoms with Crippen LogP contribution in [-0.2, 0) is 0 Å². The Kier molecular flexibility index (Phi) is 8.55. The Hall–Kier alpha value is -3.96. The molecule has 2 aromatic heterocycles. The topological polar surface area (TPSA) is 134 Å². The van der Waals surface area contributed by atoms with Crippen LogP contribution in [0.5, 0.6) is 5.75 Å². The summed E-state index contributed by atoms with van der Waals surface area (Å²) in [6, 6.07) is 3.68. The average Bonchev–Trinajstić information content (AvgIpc) is 3.80. The molecule has 3 aromatic rings. The van der Waals surface area contributed by atoms with Crippen molar-refractivity contribution < 1.29 is 14.3 Å². The number of aromatic nitrogens is 4. The van der Waals surface area contributed by atoms with Crippen LogP contribution in [0.4, 0.5) is 5.82 Å². The molecule has 2 fully saturated rings. The smallest absolute Gasteiger partial charge is 0.257 e. The lowest BCUT2D eigenvalue weighted by Crippen LogP contribution is -2.50. The molecule has 2 amide bonds. The molecule has 1 aliphatic carbocycles. The third kappa shape index (κ3) is 6.86. The first-order valence-corrected chi connectivity index (χ1v) is 14.1. The number of nitrogens with one attached hydrogen (secondary N) is 3. The highest BCUT2D eigenvalue weighted by atomic mass is 16.5. The lowest BCUT2D eigenvalue weighted by atomic mass is 10.0. The molecule has 1 saturated carbocycles. The predicted octanol–water partition coefficient (Wildman–Crippen LogP) is 3.09. The maximum absolute atomic E-state index is 13.3. The van der Waals surface area contributed by atoms with Crippen molar-refractivity contribution in [1.29, 1.82) is 0 Å². The van der Waals surface area contributed by atoms with Gasteiger partial charge in [-0.25, -0.2) is 9.97 Å². The molecule has 1 aliphatic heterocycles. The zero-order chi connectivity index (χ0) is 29.1. The summed E-state index contributed by atoms with van der Waals surface area (Å²) in [4.78, 5) is 46.7. The Labute approximate surface area is 240 Å². The highest BCUT2D eigenvalue weighted by molar-refractivity contribution is 6.07. The average molecular weight is 559 g/mol. The Bertz CT molecular complexity index is 1420. The summed E-state index contributed by atoms with van der Waals surface area (Å²) in [5.74, 6) is 1.15. The lowest BCUT2D eigenvalue weighted by molar-refractivity contribution is 0.0935. The molecule has 11 heteroatoms. The minimum atomic E-state index is -0.463. The summed E-state index contributed by atoms with van der Waals surface area (Å²) in [5.41, 5.74) is 3.74. The number of hydrogen-bond acceptors (Lipinski definition) is 9. The third-order valence-electron chi connectivity index (χ3n) is 7.53. The first kappa shape index (κ1) is 28.6. The number of carbonyl (C=O) groups is 2. The van der Waals surface area contributed by atoms with Gasteiger partial charge in [0.2, 0.25) is 0 Å². The van der Waals surface area contributed by atoms with E-state index in [9.17, 15) is 9.59 Å². The van der Waals surface area contributed by atoms with Gasteiger partial charge in [0.1, 0.15) is 23.1 Å². The monoisotopic (exact) mass is 558 g/mol. The molecule has 2 aliphatic rings. The van der Waals surface area contributed by atoms with Gasteiger partial charge in [-0.2, -0.15) is 0 Å². The molecule has 0 spiro atoms. The van der Waals surface area contributed by atoms with E-state index in [0.717, 1.165) is 43.7 Å².